The number of imidazole rings is 1. The number of para-hydroxylation sites is 2. The molecule has 0 radical (unpaired) electrons. The average Bonchev–Trinajstić information content (AvgIpc) is 3.32. The zero-order valence-electron chi connectivity index (χ0n) is 18.8. The van der Waals surface area contributed by atoms with Crippen LogP contribution >= 0.6 is 11.8 Å². The van der Waals surface area contributed by atoms with Gasteiger partial charge in [0.25, 0.3) is 0 Å². The van der Waals surface area contributed by atoms with E-state index in [1.165, 1.54) is 11.8 Å². The summed E-state index contributed by atoms with van der Waals surface area (Å²) in [6.07, 6.45) is 2.32. The number of benzene rings is 1. The van der Waals surface area contributed by atoms with Crippen molar-refractivity contribution in [2.45, 2.75) is 76.1 Å². The van der Waals surface area contributed by atoms with E-state index in [0.717, 1.165) is 48.2 Å². The molecule has 4 rings (SSSR count). The van der Waals surface area contributed by atoms with Crippen LogP contribution in [0.15, 0.2) is 29.4 Å². The highest BCUT2D eigenvalue weighted by Crippen LogP contribution is 2.39. The SMILES string of the molecule is Cc1nc(S[C@H](C)C(=O)N2c3ccccc3NC(=O)C2(C)C)n(C[C@H]2CCCO2)c1C. The molecule has 1 fully saturated rings. The molecule has 8 heteroatoms. The fourth-order valence-corrected chi connectivity index (χ4v) is 5.21. The molecule has 0 saturated carbocycles. The predicted octanol–water partition coefficient (Wildman–Crippen LogP) is 3.92. The summed E-state index contributed by atoms with van der Waals surface area (Å²) in [5.74, 6) is -0.303. The molecule has 0 spiro atoms. The minimum absolute atomic E-state index is 0.112. The van der Waals surface area contributed by atoms with Gasteiger partial charge in [-0.15, -0.1) is 0 Å². The summed E-state index contributed by atoms with van der Waals surface area (Å²) in [6.45, 7) is 11.0. The molecule has 0 unspecified atom stereocenters. The van der Waals surface area contributed by atoms with Gasteiger partial charge in [-0.3, -0.25) is 14.5 Å². The second-order valence-electron chi connectivity index (χ2n) is 8.77. The van der Waals surface area contributed by atoms with E-state index in [1.807, 2.05) is 38.1 Å². The quantitative estimate of drug-likeness (QED) is 0.710. The zero-order chi connectivity index (χ0) is 22.3. The number of fused-ring (bicyclic) bond motifs is 1. The average molecular weight is 443 g/mol. The van der Waals surface area contributed by atoms with Gasteiger partial charge in [0.05, 0.1) is 35.0 Å². The summed E-state index contributed by atoms with van der Waals surface area (Å²) in [5, 5.41) is 3.32. The first-order valence-corrected chi connectivity index (χ1v) is 11.6. The number of rotatable bonds is 5. The summed E-state index contributed by atoms with van der Waals surface area (Å²) in [7, 11) is 0. The highest BCUT2D eigenvalue weighted by Gasteiger charge is 2.45. The van der Waals surface area contributed by atoms with Crippen molar-refractivity contribution in [3.05, 3.63) is 35.7 Å². The topological polar surface area (TPSA) is 76.5 Å². The Morgan fingerprint density at radius 1 is 1.35 bits per heavy atom. The highest BCUT2D eigenvalue weighted by atomic mass is 32.2. The third-order valence-electron chi connectivity index (χ3n) is 6.19. The van der Waals surface area contributed by atoms with Crippen LogP contribution < -0.4 is 10.2 Å². The third-order valence-corrected chi connectivity index (χ3v) is 7.27. The van der Waals surface area contributed by atoms with Gasteiger partial charge in [0, 0.05) is 12.3 Å². The van der Waals surface area contributed by atoms with E-state index in [-0.39, 0.29) is 17.9 Å². The van der Waals surface area contributed by atoms with E-state index >= 15 is 0 Å². The minimum atomic E-state index is -0.987. The van der Waals surface area contributed by atoms with Gasteiger partial charge >= 0.3 is 0 Å². The summed E-state index contributed by atoms with van der Waals surface area (Å²) >= 11 is 1.44. The van der Waals surface area contributed by atoms with Crippen LogP contribution in [0.1, 0.15) is 45.0 Å². The molecule has 0 bridgehead atoms. The number of anilines is 2. The van der Waals surface area contributed by atoms with Gasteiger partial charge in [0.2, 0.25) is 11.8 Å². The Kier molecular flexibility index (Phi) is 5.87. The molecule has 2 amide bonds. The van der Waals surface area contributed by atoms with Crippen molar-refractivity contribution < 1.29 is 14.3 Å². The molecule has 166 valence electrons. The van der Waals surface area contributed by atoms with Crippen molar-refractivity contribution in [3.63, 3.8) is 0 Å². The Morgan fingerprint density at radius 3 is 2.81 bits per heavy atom. The van der Waals surface area contributed by atoms with Crippen LogP contribution in [0.2, 0.25) is 0 Å². The van der Waals surface area contributed by atoms with Gasteiger partial charge in [-0.25, -0.2) is 4.98 Å². The molecule has 2 aliphatic rings. The number of aryl methyl sites for hydroxylation is 1. The predicted molar refractivity (Wildman–Crippen MR) is 123 cm³/mol. The smallest absolute Gasteiger partial charge is 0.250 e. The zero-order valence-corrected chi connectivity index (χ0v) is 19.6. The minimum Gasteiger partial charge on any atom is -0.376 e. The lowest BCUT2D eigenvalue weighted by Crippen LogP contribution is -2.60. The molecule has 1 aromatic heterocycles. The van der Waals surface area contributed by atoms with Gasteiger partial charge in [-0.2, -0.15) is 0 Å². The number of hydrogen-bond donors (Lipinski definition) is 1. The summed E-state index contributed by atoms with van der Waals surface area (Å²) in [4.78, 5) is 32.7. The van der Waals surface area contributed by atoms with Crippen molar-refractivity contribution in [2.24, 2.45) is 0 Å². The molecule has 2 aliphatic heterocycles. The molecular formula is C23H30N4O3S. The summed E-state index contributed by atoms with van der Waals surface area (Å²) in [6, 6.07) is 7.43. The van der Waals surface area contributed by atoms with Gasteiger partial charge in [-0.1, -0.05) is 23.9 Å². The van der Waals surface area contributed by atoms with Crippen LogP contribution in [0.3, 0.4) is 0 Å². The largest absolute Gasteiger partial charge is 0.376 e. The molecule has 1 N–H and O–H groups in total. The summed E-state index contributed by atoms with van der Waals surface area (Å²) in [5.41, 5.74) is 2.45. The van der Waals surface area contributed by atoms with E-state index in [1.54, 1.807) is 18.7 Å². The number of ether oxygens (including phenoxy) is 1. The first-order chi connectivity index (χ1) is 14.7. The van der Waals surface area contributed by atoms with Crippen molar-refractivity contribution in [1.29, 1.82) is 0 Å². The maximum atomic E-state index is 13.6. The second kappa shape index (κ2) is 8.31. The Labute approximate surface area is 187 Å². The van der Waals surface area contributed by atoms with Crippen molar-refractivity contribution in [2.75, 3.05) is 16.8 Å². The van der Waals surface area contributed by atoms with Crippen molar-refractivity contribution in [3.8, 4) is 0 Å². The molecule has 2 aromatic rings. The number of aromatic nitrogens is 2. The molecule has 7 nitrogen and oxygen atoms in total. The number of amides is 2. The Morgan fingerprint density at radius 2 is 2.10 bits per heavy atom. The van der Waals surface area contributed by atoms with Crippen LogP contribution in [0.4, 0.5) is 11.4 Å². The highest BCUT2D eigenvalue weighted by molar-refractivity contribution is 8.00. The van der Waals surface area contributed by atoms with Crippen molar-refractivity contribution >= 4 is 35.0 Å². The van der Waals surface area contributed by atoms with Gasteiger partial charge < -0.3 is 14.6 Å². The fourth-order valence-electron chi connectivity index (χ4n) is 4.16. The molecule has 1 aromatic carbocycles. The van der Waals surface area contributed by atoms with E-state index < -0.39 is 10.8 Å². The Bertz CT molecular complexity index is 1010. The van der Waals surface area contributed by atoms with Crippen LogP contribution in [0.25, 0.3) is 0 Å². The normalized spacial score (nSPS) is 21.0. The van der Waals surface area contributed by atoms with Crippen LogP contribution in [0, 0.1) is 13.8 Å². The number of carbonyl (C=O) groups excluding carboxylic acids is 2. The fraction of sp³-hybridized carbons (Fsp3) is 0.522. The molecule has 2 atom stereocenters. The summed E-state index contributed by atoms with van der Waals surface area (Å²) < 4.78 is 7.99. The lowest BCUT2D eigenvalue weighted by Gasteiger charge is -2.43. The first kappa shape index (κ1) is 21.9. The van der Waals surface area contributed by atoms with E-state index in [4.69, 9.17) is 9.72 Å². The first-order valence-electron chi connectivity index (χ1n) is 10.8. The van der Waals surface area contributed by atoms with E-state index in [2.05, 4.69) is 16.8 Å². The number of nitrogens with one attached hydrogen (secondary N) is 1. The Balaban J connectivity index is 1.61. The third kappa shape index (κ3) is 3.99. The number of hydrogen-bond acceptors (Lipinski definition) is 5. The molecular weight excluding hydrogens is 412 g/mol. The standard InChI is InChI=1S/C23H30N4O3S/c1-14-15(2)26(13-17-9-8-12-30-17)22(24-14)31-16(3)20(28)27-19-11-7-6-10-18(19)25-21(29)23(27,4)5/h6-7,10-11,16-17H,8-9,12-13H2,1-5H3,(H,25,29)/t16-,17-/m1/s1. The van der Waals surface area contributed by atoms with Gasteiger partial charge in [0.15, 0.2) is 5.16 Å². The second-order valence-corrected chi connectivity index (χ2v) is 10.1. The van der Waals surface area contributed by atoms with E-state index in [0.29, 0.717) is 5.69 Å². The lowest BCUT2D eigenvalue weighted by atomic mass is 9.96. The van der Waals surface area contributed by atoms with Crippen LogP contribution in [0.5, 0.6) is 0 Å². The maximum absolute atomic E-state index is 13.6. The lowest BCUT2D eigenvalue weighted by molar-refractivity contribution is -0.126. The molecule has 31 heavy (non-hydrogen) atoms. The van der Waals surface area contributed by atoms with Gasteiger partial charge in [0.1, 0.15) is 5.54 Å². The van der Waals surface area contributed by atoms with E-state index in [9.17, 15) is 9.59 Å². The molecule has 0 aliphatic carbocycles. The monoisotopic (exact) mass is 442 g/mol. The number of thioether (sulfide) groups is 1. The molecule has 3 heterocycles. The molecule has 1 saturated heterocycles. The van der Waals surface area contributed by atoms with Crippen LogP contribution in [-0.4, -0.2) is 44.9 Å². The number of carbonyl (C=O) groups is 2. The van der Waals surface area contributed by atoms with Crippen molar-refractivity contribution in [1.82, 2.24) is 9.55 Å². The number of nitrogens with zero attached hydrogens (tertiary/aromatic N) is 3. The maximum Gasteiger partial charge on any atom is 0.250 e. The Hall–Kier alpha value is -2.32. The van der Waals surface area contributed by atoms with Crippen LogP contribution in [-0.2, 0) is 20.9 Å². The van der Waals surface area contributed by atoms with Gasteiger partial charge in [-0.05, 0) is 59.6 Å².